The molecular formula is C14H17F4NO2. The maximum Gasteiger partial charge on any atom is 0.407 e. The standard InChI is InChI=1S/C14H17F4NO2/c1-8(2)7-11(13(20)21)19-12(14(16,17)18)9-3-5-10(15)6-4-9/h3-6,8,11-12,19H,7H2,1-2H3,(H,20,21)/t11-,12-/m0/s1. The van der Waals surface area contributed by atoms with E-state index in [2.05, 4.69) is 5.32 Å². The summed E-state index contributed by atoms with van der Waals surface area (Å²) in [5.74, 6) is -2.09. The lowest BCUT2D eigenvalue weighted by Crippen LogP contribution is -2.45. The van der Waals surface area contributed by atoms with Gasteiger partial charge in [0.15, 0.2) is 0 Å². The van der Waals surface area contributed by atoms with Crippen LogP contribution in [0.4, 0.5) is 17.6 Å². The molecule has 0 aliphatic heterocycles. The average molecular weight is 307 g/mol. The molecule has 0 amide bonds. The van der Waals surface area contributed by atoms with Crippen molar-refractivity contribution in [2.75, 3.05) is 0 Å². The van der Waals surface area contributed by atoms with Crippen LogP contribution in [0.5, 0.6) is 0 Å². The van der Waals surface area contributed by atoms with Gasteiger partial charge in [0.25, 0.3) is 0 Å². The molecule has 0 spiro atoms. The lowest BCUT2D eigenvalue weighted by atomic mass is 10.0. The average Bonchev–Trinajstić information content (AvgIpc) is 2.33. The van der Waals surface area contributed by atoms with Crippen LogP contribution >= 0.6 is 0 Å². The third-order valence-electron chi connectivity index (χ3n) is 2.90. The largest absolute Gasteiger partial charge is 0.480 e. The minimum absolute atomic E-state index is 0.0586. The first-order chi connectivity index (χ1) is 9.61. The Hall–Kier alpha value is -1.63. The summed E-state index contributed by atoms with van der Waals surface area (Å²) in [4.78, 5) is 11.1. The second-order valence-corrected chi connectivity index (χ2v) is 5.21. The molecule has 0 heterocycles. The van der Waals surface area contributed by atoms with Crippen molar-refractivity contribution in [2.24, 2.45) is 5.92 Å². The molecule has 118 valence electrons. The molecule has 1 aromatic rings. The van der Waals surface area contributed by atoms with Gasteiger partial charge in [-0.2, -0.15) is 13.2 Å². The Morgan fingerprint density at radius 3 is 2.14 bits per heavy atom. The summed E-state index contributed by atoms with van der Waals surface area (Å²) in [5.41, 5.74) is -0.223. The van der Waals surface area contributed by atoms with Crippen LogP contribution in [0.15, 0.2) is 24.3 Å². The number of alkyl halides is 3. The summed E-state index contributed by atoms with van der Waals surface area (Å²) in [7, 11) is 0. The van der Waals surface area contributed by atoms with E-state index in [-0.39, 0.29) is 17.9 Å². The van der Waals surface area contributed by atoms with E-state index in [0.29, 0.717) is 0 Å². The fourth-order valence-electron chi connectivity index (χ4n) is 1.95. The summed E-state index contributed by atoms with van der Waals surface area (Å²) in [6.45, 7) is 3.44. The van der Waals surface area contributed by atoms with Crippen molar-refractivity contribution in [1.82, 2.24) is 5.32 Å². The summed E-state index contributed by atoms with van der Waals surface area (Å²) in [6.07, 6.45) is -4.62. The first-order valence-corrected chi connectivity index (χ1v) is 6.42. The van der Waals surface area contributed by atoms with Crippen molar-refractivity contribution in [3.63, 3.8) is 0 Å². The molecule has 0 radical (unpaired) electrons. The SMILES string of the molecule is CC(C)C[C@H](N[C@@H](c1ccc(F)cc1)C(F)(F)F)C(=O)O. The minimum atomic E-state index is -4.68. The Bertz CT molecular complexity index is 471. The second-order valence-electron chi connectivity index (χ2n) is 5.21. The van der Waals surface area contributed by atoms with Gasteiger partial charge in [0.1, 0.15) is 17.9 Å². The summed E-state index contributed by atoms with van der Waals surface area (Å²) >= 11 is 0. The molecule has 2 atom stereocenters. The minimum Gasteiger partial charge on any atom is -0.480 e. The highest BCUT2D eigenvalue weighted by molar-refractivity contribution is 5.73. The predicted octanol–water partition coefficient (Wildman–Crippen LogP) is 3.52. The molecule has 0 saturated carbocycles. The quantitative estimate of drug-likeness (QED) is 0.791. The number of carboxylic acid groups (broad SMARTS) is 1. The molecule has 1 aromatic carbocycles. The van der Waals surface area contributed by atoms with Crippen LogP contribution in [0.25, 0.3) is 0 Å². The number of nitrogens with one attached hydrogen (secondary N) is 1. The van der Waals surface area contributed by atoms with Gasteiger partial charge in [-0.25, -0.2) is 4.39 Å². The molecule has 2 N–H and O–H groups in total. The van der Waals surface area contributed by atoms with Crippen LogP contribution in [0.3, 0.4) is 0 Å². The van der Waals surface area contributed by atoms with Crippen molar-refractivity contribution in [3.8, 4) is 0 Å². The van der Waals surface area contributed by atoms with Gasteiger partial charge >= 0.3 is 12.1 Å². The maximum atomic E-state index is 13.1. The van der Waals surface area contributed by atoms with E-state index in [1.165, 1.54) is 0 Å². The molecule has 1 rings (SSSR count). The fourth-order valence-corrected chi connectivity index (χ4v) is 1.95. The molecule has 7 heteroatoms. The number of halogens is 4. The van der Waals surface area contributed by atoms with Crippen LogP contribution in [0.2, 0.25) is 0 Å². The molecular weight excluding hydrogens is 290 g/mol. The zero-order chi connectivity index (χ0) is 16.2. The van der Waals surface area contributed by atoms with Gasteiger partial charge in [-0.15, -0.1) is 0 Å². The lowest BCUT2D eigenvalue weighted by Gasteiger charge is -2.26. The Labute approximate surface area is 120 Å². The molecule has 0 saturated heterocycles. The molecule has 0 unspecified atom stereocenters. The fraction of sp³-hybridized carbons (Fsp3) is 0.500. The van der Waals surface area contributed by atoms with Gasteiger partial charge in [-0.1, -0.05) is 26.0 Å². The molecule has 3 nitrogen and oxygen atoms in total. The Morgan fingerprint density at radius 2 is 1.76 bits per heavy atom. The highest BCUT2D eigenvalue weighted by Gasteiger charge is 2.42. The third-order valence-corrected chi connectivity index (χ3v) is 2.90. The maximum absolute atomic E-state index is 13.1. The van der Waals surface area contributed by atoms with E-state index < -0.39 is 30.0 Å². The monoisotopic (exact) mass is 307 g/mol. The number of rotatable bonds is 6. The van der Waals surface area contributed by atoms with Gasteiger partial charge in [0.2, 0.25) is 0 Å². The molecule has 0 fully saturated rings. The van der Waals surface area contributed by atoms with Crippen LogP contribution in [-0.2, 0) is 4.79 Å². The van der Waals surface area contributed by atoms with Gasteiger partial charge in [-0.3, -0.25) is 10.1 Å². The lowest BCUT2D eigenvalue weighted by molar-refractivity contribution is -0.163. The Balaban J connectivity index is 3.03. The van der Waals surface area contributed by atoms with Crippen LogP contribution in [-0.4, -0.2) is 23.3 Å². The van der Waals surface area contributed by atoms with E-state index in [9.17, 15) is 22.4 Å². The van der Waals surface area contributed by atoms with Crippen LogP contribution in [0, 0.1) is 11.7 Å². The van der Waals surface area contributed by atoms with Crippen LogP contribution < -0.4 is 5.32 Å². The van der Waals surface area contributed by atoms with Gasteiger partial charge in [-0.05, 0) is 30.0 Å². The molecule has 0 aromatic heterocycles. The number of carbonyl (C=O) groups is 1. The number of carboxylic acids is 1. The predicted molar refractivity (Wildman–Crippen MR) is 69.2 cm³/mol. The summed E-state index contributed by atoms with van der Waals surface area (Å²) < 4.78 is 52.2. The zero-order valence-corrected chi connectivity index (χ0v) is 11.6. The number of aliphatic carboxylic acids is 1. The van der Waals surface area contributed by atoms with Gasteiger partial charge in [0, 0.05) is 0 Å². The molecule has 21 heavy (non-hydrogen) atoms. The van der Waals surface area contributed by atoms with Crippen molar-refractivity contribution >= 4 is 5.97 Å². The van der Waals surface area contributed by atoms with E-state index >= 15 is 0 Å². The van der Waals surface area contributed by atoms with E-state index in [1.54, 1.807) is 13.8 Å². The van der Waals surface area contributed by atoms with Gasteiger partial charge < -0.3 is 5.11 Å². The van der Waals surface area contributed by atoms with Crippen LogP contribution in [0.1, 0.15) is 31.9 Å². The highest BCUT2D eigenvalue weighted by Crippen LogP contribution is 2.33. The first-order valence-electron chi connectivity index (χ1n) is 6.42. The van der Waals surface area contributed by atoms with Crippen molar-refractivity contribution < 1.29 is 27.5 Å². The third kappa shape index (κ3) is 5.34. The summed E-state index contributed by atoms with van der Waals surface area (Å²) in [5, 5.41) is 11.2. The normalized spacial score (nSPS) is 15.0. The van der Waals surface area contributed by atoms with Crippen molar-refractivity contribution in [1.29, 1.82) is 0 Å². The first kappa shape index (κ1) is 17.4. The number of benzene rings is 1. The number of hydrogen-bond donors (Lipinski definition) is 2. The van der Waals surface area contributed by atoms with E-state index in [4.69, 9.17) is 5.11 Å². The Kier molecular flexibility index (Phi) is 5.71. The number of hydrogen-bond acceptors (Lipinski definition) is 2. The molecule has 0 aliphatic rings. The van der Waals surface area contributed by atoms with Gasteiger partial charge in [0.05, 0.1) is 0 Å². The molecule has 0 aliphatic carbocycles. The van der Waals surface area contributed by atoms with E-state index in [0.717, 1.165) is 24.3 Å². The smallest absolute Gasteiger partial charge is 0.407 e. The second kappa shape index (κ2) is 6.89. The van der Waals surface area contributed by atoms with Crippen molar-refractivity contribution in [3.05, 3.63) is 35.6 Å². The molecule has 0 bridgehead atoms. The Morgan fingerprint density at radius 1 is 1.24 bits per heavy atom. The topological polar surface area (TPSA) is 49.3 Å². The summed E-state index contributed by atoms with van der Waals surface area (Å²) in [6, 6.07) is 0.325. The van der Waals surface area contributed by atoms with Crippen molar-refractivity contribution in [2.45, 2.75) is 38.5 Å². The highest BCUT2D eigenvalue weighted by atomic mass is 19.4. The van der Waals surface area contributed by atoms with E-state index in [1.807, 2.05) is 0 Å². The zero-order valence-electron chi connectivity index (χ0n) is 11.6.